The van der Waals surface area contributed by atoms with Gasteiger partial charge in [0, 0.05) is 22.8 Å². The number of anilines is 1. The van der Waals surface area contributed by atoms with Crippen molar-refractivity contribution in [2.45, 2.75) is 26.9 Å². The maximum atomic E-state index is 13.1. The van der Waals surface area contributed by atoms with E-state index in [1.807, 2.05) is 62.4 Å². The van der Waals surface area contributed by atoms with E-state index in [-0.39, 0.29) is 18.1 Å². The molecule has 0 saturated heterocycles. The number of fused-ring (bicyclic) bond motifs is 1. The minimum Gasteiger partial charge on any atom is -0.321 e. The largest absolute Gasteiger partial charge is 0.322 e. The quantitative estimate of drug-likeness (QED) is 0.393. The van der Waals surface area contributed by atoms with Crippen molar-refractivity contribution < 1.29 is 4.79 Å². The van der Waals surface area contributed by atoms with Gasteiger partial charge in [-0.3, -0.25) is 4.79 Å². The number of aromatic amines is 1. The molecule has 0 radical (unpaired) electrons. The van der Waals surface area contributed by atoms with Gasteiger partial charge in [0.15, 0.2) is 0 Å². The van der Waals surface area contributed by atoms with Gasteiger partial charge in [-0.05, 0) is 66.3 Å². The molecule has 0 aliphatic rings. The highest BCUT2D eigenvalue weighted by Crippen LogP contribution is 2.20. The number of carbonyl (C=O) groups is 1. The minimum absolute atomic E-state index is 0.173. The average molecular weight is 446 g/mol. The summed E-state index contributed by atoms with van der Waals surface area (Å²) in [5.41, 5.74) is 4.95. The summed E-state index contributed by atoms with van der Waals surface area (Å²) in [6, 6.07) is 22.2. The molecule has 0 saturated carbocycles. The van der Waals surface area contributed by atoms with E-state index in [0.717, 1.165) is 27.6 Å². The number of nitrogens with one attached hydrogen (secondary N) is 2. The lowest BCUT2D eigenvalue weighted by Gasteiger charge is -2.23. The molecule has 2 amide bonds. The van der Waals surface area contributed by atoms with Crippen LogP contribution in [0.1, 0.15) is 22.3 Å². The van der Waals surface area contributed by atoms with Crippen LogP contribution in [0.5, 0.6) is 0 Å². The van der Waals surface area contributed by atoms with Crippen molar-refractivity contribution in [3.8, 4) is 0 Å². The van der Waals surface area contributed by atoms with Crippen LogP contribution in [0.15, 0.2) is 77.6 Å². The topological polar surface area (TPSA) is 65.2 Å². The van der Waals surface area contributed by atoms with Crippen LogP contribution in [0.4, 0.5) is 10.5 Å². The van der Waals surface area contributed by atoms with E-state index in [0.29, 0.717) is 22.8 Å². The minimum atomic E-state index is -0.296. The maximum absolute atomic E-state index is 13.1. The molecule has 0 fully saturated rings. The lowest BCUT2D eigenvalue weighted by Crippen LogP contribution is -2.35. The van der Waals surface area contributed by atoms with Gasteiger partial charge >= 0.3 is 6.03 Å². The van der Waals surface area contributed by atoms with Crippen molar-refractivity contribution in [3.05, 3.63) is 110 Å². The van der Waals surface area contributed by atoms with Crippen LogP contribution >= 0.6 is 11.6 Å². The fourth-order valence-electron chi connectivity index (χ4n) is 3.63. The van der Waals surface area contributed by atoms with Gasteiger partial charge in [-0.25, -0.2) is 4.79 Å². The van der Waals surface area contributed by atoms with Crippen molar-refractivity contribution in [1.29, 1.82) is 0 Å². The molecule has 1 aromatic heterocycles. The second kappa shape index (κ2) is 9.28. The number of aryl methyl sites for hydroxylation is 2. The maximum Gasteiger partial charge on any atom is 0.322 e. The third-order valence-corrected chi connectivity index (χ3v) is 5.84. The molecule has 5 nitrogen and oxygen atoms in total. The molecule has 32 heavy (non-hydrogen) atoms. The number of hydrogen-bond donors (Lipinski definition) is 2. The Morgan fingerprint density at radius 3 is 2.41 bits per heavy atom. The summed E-state index contributed by atoms with van der Waals surface area (Å²) >= 11 is 5.95. The molecule has 4 aromatic rings. The number of carbonyl (C=O) groups excluding carboxylic acids is 1. The van der Waals surface area contributed by atoms with Crippen LogP contribution < -0.4 is 10.9 Å². The fraction of sp³-hybridized carbons (Fsp3) is 0.154. The summed E-state index contributed by atoms with van der Waals surface area (Å²) in [5, 5.41) is 4.44. The SMILES string of the molecule is Cc1ccc2cc(CN(Cc3ccccc3)C(=O)Nc3ccc(Cl)cc3)c(=O)[nH]c2c1C. The highest BCUT2D eigenvalue weighted by molar-refractivity contribution is 6.30. The summed E-state index contributed by atoms with van der Waals surface area (Å²) in [7, 11) is 0. The van der Waals surface area contributed by atoms with Gasteiger partial charge in [0.1, 0.15) is 0 Å². The standard InChI is InChI=1S/C26H24ClN3O2/c1-17-8-9-20-14-21(25(31)29-24(20)18(17)2)16-30(15-19-6-4-3-5-7-19)26(32)28-23-12-10-22(27)11-13-23/h3-14H,15-16H2,1-2H3,(H,28,32)(H,29,31). The van der Waals surface area contributed by atoms with Gasteiger partial charge in [0.2, 0.25) is 0 Å². The van der Waals surface area contributed by atoms with E-state index in [1.165, 1.54) is 0 Å². The number of pyridine rings is 1. The first-order valence-corrected chi connectivity index (χ1v) is 10.8. The van der Waals surface area contributed by atoms with Crippen LogP contribution in [0.3, 0.4) is 0 Å². The molecule has 6 heteroatoms. The summed E-state index contributed by atoms with van der Waals surface area (Å²) in [5.74, 6) is 0. The molecule has 0 aliphatic carbocycles. The number of benzene rings is 3. The molecular formula is C26H24ClN3O2. The highest BCUT2D eigenvalue weighted by atomic mass is 35.5. The predicted octanol–water partition coefficient (Wildman–Crippen LogP) is 6.03. The number of H-pyrrole nitrogens is 1. The molecule has 0 spiro atoms. The lowest BCUT2D eigenvalue weighted by molar-refractivity contribution is 0.206. The Labute approximate surface area is 191 Å². The third kappa shape index (κ3) is 4.84. The summed E-state index contributed by atoms with van der Waals surface area (Å²) in [6.07, 6.45) is 0. The average Bonchev–Trinajstić information content (AvgIpc) is 2.79. The molecule has 162 valence electrons. The highest BCUT2D eigenvalue weighted by Gasteiger charge is 2.17. The van der Waals surface area contributed by atoms with Crippen LogP contribution in [-0.4, -0.2) is 15.9 Å². The van der Waals surface area contributed by atoms with Crippen LogP contribution in [-0.2, 0) is 13.1 Å². The van der Waals surface area contributed by atoms with E-state index in [2.05, 4.69) is 10.3 Å². The first-order valence-electron chi connectivity index (χ1n) is 10.4. The number of nitrogens with zero attached hydrogens (tertiary/aromatic N) is 1. The molecule has 0 bridgehead atoms. The number of aromatic nitrogens is 1. The van der Waals surface area contributed by atoms with Gasteiger partial charge in [-0.1, -0.05) is 54.1 Å². The number of rotatable bonds is 5. The summed E-state index contributed by atoms with van der Waals surface area (Å²) < 4.78 is 0. The Bertz CT molecular complexity index is 1310. The van der Waals surface area contributed by atoms with Crippen LogP contribution in [0.2, 0.25) is 5.02 Å². The van der Waals surface area contributed by atoms with E-state index >= 15 is 0 Å². The van der Waals surface area contributed by atoms with Crippen LogP contribution in [0.25, 0.3) is 10.9 Å². The molecule has 0 atom stereocenters. The molecule has 0 aliphatic heterocycles. The van der Waals surface area contributed by atoms with Gasteiger partial charge < -0.3 is 15.2 Å². The Kier molecular flexibility index (Phi) is 6.28. The number of amides is 2. The summed E-state index contributed by atoms with van der Waals surface area (Å²) in [4.78, 5) is 30.7. The summed E-state index contributed by atoms with van der Waals surface area (Å²) in [6.45, 7) is 4.55. The predicted molar refractivity (Wildman–Crippen MR) is 130 cm³/mol. The molecule has 2 N–H and O–H groups in total. The normalized spacial score (nSPS) is 10.8. The van der Waals surface area contributed by atoms with Crippen molar-refractivity contribution >= 4 is 34.2 Å². The van der Waals surface area contributed by atoms with E-state index in [9.17, 15) is 9.59 Å². The zero-order valence-corrected chi connectivity index (χ0v) is 18.7. The van der Waals surface area contributed by atoms with E-state index in [4.69, 9.17) is 11.6 Å². The Balaban J connectivity index is 1.66. The molecular weight excluding hydrogens is 422 g/mol. The van der Waals surface area contributed by atoms with Gasteiger partial charge in [-0.2, -0.15) is 0 Å². The molecule has 4 rings (SSSR count). The fourth-order valence-corrected chi connectivity index (χ4v) is 3.76. The zero-order valence-electron chi connectivity index (χ0n) is 18.0. The first-order chi connectivity index (χ1) is 15.4. The molecule has 0 unspecified atom stereocenters. The smallest absolute Gasteiger partial charge is 0.321 e. The molecule has 3 aromatic carbocycles. The Morgan fingerprint density at radius 2 is 1.69 bits per heavy atom. The third-order valence-electron chi connectivity index (χ3n) is 5.59. The number of halogens is 1. The zero-order chi connectivity index (χ0) is 22.7. The van der Waals surface area contributed by atoms with Crippen molar-refractivity contribution in [2.24, 2.45) is 0 Å². The van der Waals surface area contributed by atoms with Gasteiger partial charge in [0.05, 0.1) is 12.1 Å². The van der Waals surface area contributed by atoms with E-state index in [1.54, 1.807) is 29.2 Å². The Hall–Kier alpha value is -3.57. The van der Waals surface area contributed by atoms with Gasteiger partial charge in [0.25, 0.3) is 5.56 Å². The number of urea groups is 1. The van der Waals surface area contributed by atoms with Crippen molar-refractivity contribution in [1.82, 2.24) is 9.88 Å². The van der Waals surface area contributed by atoms with Crippen LogP contribution in [0, 0.1) is 13.8 Å². The monoisotopic (exact) mass is 445 g/mol. The van der Waals surface area contributed by atoms with Crippen molar-refractivity contribution in [2.75, 3.05) is 5.32 Å². The van der Waals surface area contributed by atoms with E-state index < -0.39 is 0 Å². The Morgan fingerprint density at radius 1 is 0.969 bits per heavy atom. The second-order valence-electron chi connectivity index (χ2n) is 7.87. The van der Waals surface area contributed by atoms with Gasteiger partial charge in [-0.15, -0.1) is 0 Å². The number of hydrogen-bond acceptors (Lipinski definition) is 2. The second-order valence-corrected chi connectivity index (χ2v) is 8.31. The lowest BCUT2D eigenvalue weighted by atomic mass is 10.0. The first kappa shape index (κ1) is 21.7. The molecule has 1 heterocycles. The van der Waals surface area contributed by atoms with Crippen molar-refractivity contribution in [3.63, 3.8) is 0 Å².